The minimum absolute atomic E-state index is 0. The average molecular weight is 146 g/mol. The van der Waals surface area contributed by atoms with Crippen molar-refractivity contribution in [3.05, 3.63) is 42.2 Å². The molecule has 0 atom stereocenters. The molecule has 0 fully saturated rings. The van der Waals surface area contributed by atoms with Gasteiger partial charge in [0.1, 0.15) is 0 Å². The van der Waals surface area contributed by atoms with E-state index in [9.17, 15) is 4.79 Å². The smallest absolute Gasteiger partial charge is 0.314 e. The second kappa shape index (κ2) is 2.23. The maximum atomic E-state index is 10.5. The van der Waals surface area contributed by atoms with Crippen molar-refractivity contribution in [2.75, 3.05) is 0 Å². The Morgan fingerprint density at radius 1 is 1.27 bits per heavy atom. The first kappa shape index (κ1) is 6.16. The Kier molecular flexibility index (Phi) is 1.25. The van der Waals surface area contributed by atoms with Gasteiger partial charge in [-0.05, 0) is 24.3 Å². The molecule has 0 aromatic carbocycles. The molecule has 0 saturated heterocycles. The van der Waals surface area contributed by atoms with Gasteiger partial charge in [0.25, 0.3) is 0 Å². The number of carbonyl (C=O) groups is 1. The average Bonchev–Trinajstić information content (AvgIpc) is 2.47. The molecular formula is C9H8NO+. The summed E-state index contributed by atoms with van der Waals surface area (Å²) in [5.41, 5.74) is 1.75. The van der Waals surface area contributed by atoms with Crippen LogP contribution in [0.2, 0.25) is 0 Å². The maximum Gasteiger partial charge on any atom is 1.00 e. The zero-order chi connectivity index (χ0) is 7.68. The molecule has 0 unspecified atom stereocenters. The number of hydrogen-bond acceptors (Lipinski definition) is 1. The number of nitrogens with zero attached hydrogens (tertiary/aromatic N) is 1. The van der Waals surface area contributed by atoms with Gasteiger partial charge in [0.15, 0.2) is 6.29 Å². The molecule has 0 aliphatic rings. The molecule has 0 N–H and O–H groups in total. The van der Waals surface area contributed by atoms with Crippen molar-refractivity contribution < 1.29 is 6.22 Å². The Bertz CT molecular complexity index is 394. The molecule has 0 amide bonds. The largest absolute Gasteiger partial charge is 1.00 e. The van der Waals surface area contributed by atoms with Crippen molar-refractivity contribution in [3.63, 3.8) is 0 Å². The van der Waals surface area contributed by atoms with Crippen LogP contribution in [-0.2, 0) is 0 Å². The number of pyridine rings is 1. The summed E-state index contributed by atoms with van der Waals surface area (Å²) in [6.45, 7) is 0. The van der Waals surface area contributed by atoms with Crippen molar-refractivity contribution in [1.82, 2.24) is 4.40 Å². The lowest BCUT2D eigenvalue weighted by molar-refractivity contribution is 0.111. The van der Waals surface area contributed by atoms with E-state index in [1.807, 2.05) is 40.9 Å². The number of hydrogen-bond donors (Lipinski definition) is 0. The molecule has 0 saturated carbocycles. The Hall–Kier alpha value is -1.57. The second-order valence-electron chi connectivity index (χ2n) is 2.37. The monoisotopic (exact) mass is 146 g/mol. The molecular weight excluding hydrogens is 138 g/mol. The first-order valence-electron chi connectivity index (χ1n) is 3.43. The Labute approximate surface area is 65.6 Å². The minimum Gasteiger partial charge on any atom is -0.314 e. The van der Waals surface area contributed by atoms with E-state index in [0.717, 1.165) is 11.8 Å². The zero-order valence-corrected chi connectivity index (χ0v) is 5.90. The van der Waals surface area contributed by atoms with Crippen LogP contribution in [0.3, 0.4) is 0 Å². The Morgan fingerprint density at radius 2 is 2.18 bits per heavy atom. The van der Waals surface area contributed by atoms with E-state index >= 15 is 0 Å². The topological polar surface area (TPSA) is 21.5 Å². The van der Waals surface area contributed by atoms with E-state index in [1.54, 1.807) is 0 Å². The number of carbonyl (C=O) groups excluding carboxylic acids is 1. The summed E-state index contributed by atoms with van der Waals surface area (Å²) in [7, 11) is 0. The molecule has 0 aliphatic heterocycles. The molecule has 0 radical (unpaired) electrons. The van der Waals surface area contributed by atoms with Crippen LogP contribution in [0, 0.1) is 0 Å². The highest BCUT2D eigenvalue weighted by Gasteiger charge is 1.96. The lowest BCUT2D eigenvalue weighted by Crippen LogP contribution is -1.87. The highest BCUT2D eigenvalue weighted by Crippen LogP contribution is 2.06. The Morgan fingerprint density at radius 3 is 3.00 bits per heavy atom. The van der Waals surface area contributed by atoms with Crippen LogP contribution in [0.4, 0.5) is 0 Å². The third-order valence-corrected chi connectivity index (χ3v) is 1.72. The van der Waals surface area contributed by atoms with Gasteiger partial charge in [-0.15, -0.1) is 0 Å². The maximum absolute atomic E-state index is 10.5. The fraction of sp³-hybridized carbons (Fsp3) is 0. The van der Waals surface area contributed by atoms with E-state index in [2.05, 4.69) is 0 Å². The quantitative estimate of drug-likeness (QED) is 0.563. The first-order chi connectivity index (χ1) is 5.42. The van der Waals surface area contributed by atoms with Gasteiger partial charge in [0, 0.05) is 11.7 Å². The molecule has 0 spiro atoms. The number of rotatable bonds is 1. The number of fused-ring (bicyclic) bond motifs is 1. The highest BCUT2D eigenvalue weighted by atomic mass is 16.1. The van der Waals surface area contributed by atoms with Crippen LogP contribution in [0.25, 0.3) is 5.52 Å². The van der Waals surface area contributed by atoms with Crippen LogP contribution >= 0.6 is 0 Å². The normalized spacial score (nSPS) is 10.2. The lowest BCUT2D eigenvalue weighted by Gasteiger charge is -1.93. The van der Waals surface area contributed by atoms with Gasteiger partial charge in [-0.1, -0.05) is 6.07 Å². The fourth-order valence-corrected chi connectivity index (χ4v) is 1.17. The summed E-state index contributed by atoms with van der Waals surface area (Å²) in [4.78, 5) is 10.5. The zero-order valence-electron chi connectivity index (χ0n) is 6.90. The molecule has 54 valence electrons. The lowest BCUT2D eigenvalue weighted by atomic mass is 10.4. The summed E-state index contributed by atoms with van der Waals surface area (Å²) in [5.74, 6) is 0. The van der Waals surface area contributed by atoms with Crippen LogP contribution in [0.1, 0.15) is 11.9 Å². The molecule has 2 heteroatoms. The fourth-order valence-electron chi connectivity index (χ4n) is 1.17. The second-order valence-corrected chi connectivity index (χ2v) is 2.37. The van der Waals surface area contributed by atoms with E-state index in [1.165, 1.54) is 0 Å². The summed E-state index contributed by atoms with van der Waals surface area (Å²) < 4.78 is 1.85. The third-order valence-electron chi connectivity index (χ3n) is 1.72. The molecule has 0 aliphatic carbocycles. The summed E-state index contributed by atoms with van der Waals surface area (Å²) in [6.07, 6.45) is 2.73. The van der Waals surface area contributed by atoms with Gasteiger partial charge in [-0.3, -0.25) is 4.79 Å². The van der Waals surface area contributed by atoms with Crippen molar-refractivity contribution in [2.45, 2.75) is 0 Å². The molecule has 2 heterocycles. The van der Waals surface area contributed by atoms with Gasteiger partial charge in [-0.25, -0.2) is 0 Å². The van der Waals surface area contributed by atoms with Crippen molar-refractivity contribution >= 4 is 11.8 Å². The summed E-state index contributed by atoms with van der Waals surface area (Å²) in [5, 5.41) is 0. The van der Waals surface area contributed by atoms with Crippen molar-refractivity contribution in [1.29, 1.82) is 0 Å². The van der Waals surface area contributed by atoms with Crippen LogP contribution in [0.15, 0.2) is 36.5 Å². The number of aldehydes is 1. The number of aromatic nitrogens is 1. The molecule has 2 aromatic rings. The predicted octanol–water partition coefficient (Wildman–Crippen LogP) is 1.86. The van der Waals surface area contributed by atoms with E-state index < -0.39 is 0 Å². The van der Waals surface area contributed by atoms with Gasteiger partial charge in [0.2, 0.25) is 0 Å². The van der Waals surface area contributed by atoms with Crippen LogP contribution in [0.5, 0.6) is 0 Å². The molecule has 2 aromatic heterocycles. The molecule has 2 rings (SSSR count). The summed E-state index contributed by atoms with van der Waals surface area (Å²) in [6, 6.07) is 9.54. The van der Waals surface area contributed by atoms with Gasteiger partial charge < -0.3 is 4.40 Å². The van der Waals surface area contributed by atoms with E-state index in [4.69, 9.17) is 0 Å². The predicted molar refractivity (Wildman–Crippen MR) is 43.9 cm³/mol. The van der Waals surface area contributed by atoms with Gasteiger partial charge >= 0.3 is 1.43 Å². The summed E-state index contributed by atoms with van der Waals surface area (Å²) >= 11 is 0. The van der Waals surface area contributed by atoms with E-state index in [-0.39, 0.29) is 1.43 Å². The van der Waals surface area contributed by atoms with Gasteiger partial charge in [0.05, 0.1) is 5.69 Å². The first-order valence-corrected chi connectivity index (χ1v) is 3.43. The van der Waals surface area contributed by atoms with E-state index in [0.29, 0.717) is 5.69 Å². The van der Waals surface area contributed by atoms with Crippen LogP contribution in [-0.4, -0.2) is 10.7 Å². The molecule has 11 heavy (non-hydrogen) atoms. The highest BCUT2D eigenvalue weighted by molar-refractivity contribution is 5.75. The van der Waals surface area contributed by atoms with Crippen LogP contribution < -0.4 is 0 Å². The standard InChI is InChI=1S/C9H7NO/c11-7-9-5-4-8-3-1-2-6-10(8)9/h1-7H/p+1. The third kappa shape index (κ3) is 0.835. The van der Waals surface area contributed by atoms with Crippen molar-refractivity contribution in [2.24, 2.45) is 0 Å². The SMILES string of the molecule is O=Cc1ccc2ccccn12.[H+]. The molecule has 2 nitrogen and oxygen atoms in total. The minimum atomic E-state index is 0. The molecule has 0 bridgehead atoms. The van der Waals surface area contributed by atoms with Crippen molar-refractivity contribution in [3.8, 4) is 0 Å². The van der Waals surface area contributed by atoms with Gasteiger partial charge in [-0.2, -0.15) is 0 Å². The Balaban J connectivity index is 0.000000720.